The van der Waals surface area contributed by atoms with E-state index in [1.165, 1.54) is 17.3 Å². The molecule has 31 heavy (non-hydrogen) atoms. The minimum atomic E-state index is -0.199. The van der Waals surface area contributed by atoms with Crippen LogP contribution in [0.25, 0.3) is 5.69 Å². The molecular formula is C23H25N5O2S. The number of hydrogen-bond donors (Lipinski definition) is 3. The number of anilines is 2. The zero-order valence-corrected chi connectivity index (χ0v) is 18.3. The smallest absolute Gasteiger partial charge is 0.319 e. The van der Waals surface area contributed by atoms with Crippen LogP contribution in [-0.2, 0) is 4.79 Å². The van der Waals surface area contributed by atoms with Gasteiger partial charge in [-0.3, -0.25) is 9.36 Å². The number of nitrogens with zero attached hydrogens (tertiary/aromatic N) is 2. The van der Waals surface area contributed by atoms with Crippen LogP contribution in [0.4, 0.5) is 16.2 Å². The summed E-state index contributed by atoms with van der Waals surface area (Å²) in [7, 11) is 0. The average Bonchev–Trinajstić information content (AvgIpc) is 3.43. The Morgan fingerprint density at radius 3 is 2.48 bits per heavy atom. The number of carbonyl (C=O) groups excluding carboxylic acids is 2. The molecule has 0 bridgehead atoms. The van der Waals surface area contributed by atoms with Gasteiger partial charge in [0.1, 0.15) is 0 Å². The third kappa shape index (κ3) is 5.67. The number of hydrogen-bond acceptors (Lipinski definition) is 4. The highest BCUT2D eigenvalue weighted by molar-refractivity contribution is 7.99. The third-order valence-electron chi connectivity index (χ3n) is 4.90. The highest BCUT2D eigenvalue weighted by Gasteiger charge is 2.23. The summed E-state index contributed by atoms with van der Waals surface area (Å²) in [5, 5.41) is 9.31. The second-order valence-corrected chi connectivity index (χ2v) is 8.60. The van der Waals surface area contributed by atoms with Crippen molar-refractivity contribution in [2.24, 2.45) is 0 Å². The van der Waals surface area contributed by atoms with Gasteiger partial charge in [0.2, 0.25) is 5.91 Å². The maximum Gasteiger partial charge on any atom is 0.319 e. The molecule has 3 amide bonds. The van der Waals surface area contributed by atoms with E-state index in [1.807, 2.05) is 10.8 Å². The standard InChI is InChI=1S/C23H25N5O2S/c1-15-3-4-16(2)20(13-15)28-12-11-24-23(28)31-14-21(29)25-17-5-7-18(8-6-17)26-22(30)27-19-9-10-19/h3-8,11-13,19H,9-10,14H2,1-2H3,(H,25,29)(H2,26,27,30). The van der Waals surface area contributed by atoms with Gasteiger partial charge in [-0.05, 0) is 68.1 Å². The first kappa shape index (κ1) is 21.0. The van der Waals surface area contributed by atoms with Gasteiger partial charge in [0.25, 0.3) is 0 Å². The van der Waals surface area contributed by atoms with Gasteiger partial charge in [-0.25, -0.2) is 9.78 Å². The summed E-state index contributed by atoms with van der Waals surface area (Å²) in [5.41, 5.74) is 4.74. The highest BCUT2D eigenvalue weighted by atomic mass is 32.2. The van der Waals surface area contributed by atoms with Gasteiger partial charge in [-0.2, -0.15) is 0 Å². The number of thioether (sulfide) groups is 1. The maximum absolute atomic E-state index is 12.4. The molecule has 1 fully saturated rings. The molecule has 160 valence electrons. The summed E-state index contributed by atoms with van der Waals surface area (Å²) in [4.78, 5) is 28.6. The van der Waals surface area contributed by atoms with E-state index >= 15 is 0 Å². The molecule has 0 spiro atoms. The molecule has 4 rings (SSSR count). The van der Waals surface area contributed by atoms with E-state index in [-0.39, 0.29) is 17.7 Å². The summed E-state index contributed by atoms with van der Waals surface area (Å²) < 4.78 is 2.01. The molecule has 0 radical (unpaired) electrons. The monoisotopic (exact) mass is 435 g/mol. The Balaban J connectivity index is 1.31. The van der Waals surface area contributed by atoms with Gasteiger partial charge < -0.3 is 16.0 Å². The van der Waals surface area contributed by atoms with Crippen molar-refractivity contribution in [1.29, 1.82) is 0 Å². The van der Waals surface area contributed by atoms with Crippen molar-refractivity contribution in [1.82, 2.24) is 14.9 Å². The number of amides is 3. The van der Waals surface area contributed by atoms with E-state index in [9.17, 15) is 9.59 Å². The number of rotatable bonds is 7. The maximum atomic E-state index is 12.4. The van der Waals surface area contributed by atoms with Crippen molar-refractivity contribution in [3.63, 3.8) is 0 Å². The van der Waals surface area contributed by atoms with Crippen LogP contribution in [0.15, 0.2) is 60.0 Å². The molecule has 3 aromatic rings. The minimum Gasteiger partial charge on any atom is -0.335 e. The van der Waals surface area contributed by atoms with Crippen molar-refractivity contribution in [2.45, 2.75) is 37.9 Å². The SMILES string of the molecule is Cc1ccc(C)c(-n2ccnc2SCC(=O)Nc2ccc(NC(=O)NC3CC3)cc2)c1. The number of urea groups is 1. The second kappa shape index (κ2) is 9.26. The lowest BCUT2D eigenvalue weighted by molar-refractivity contribution is -0.113. The summed E-state index contributed by atoms with van der Waals surface area (Å²) in [6, 6.07) is 13.5. The van der Waals surface area contributed by atoms with E-state index in [1.54, 1.807) is 30.5 Å². The van der Waals surface area contributed by atoms with Crippen molar-refractivity contribution in [3.8, 4) is 5.69 Å². The number of nitrogens with one attached hydrogen (secondary N) is 3. The first-order chi connectivity index (χ1) is 15.0. The third-order valence-corrected chi connectivity index (χ3v) is 5.87. The van der Waals surface area contributed by atoms with Gasteiger partial charge >= 0.3 is 6.03 Å². The zero-order chi connectivity index (χ0) is 21.8. The van der Waals surface area contributed by atoms with Crippen LogP contribution in [0.2, 0.25) is 0 Å². The molecule has 1 aliphatic rings. The molecule has 8 heteroatoms. The predicted molar refractivity (Wildman–Crippen MR) is 124 cm³/mol. The fourth-order valence-electron chi connectivity index (χ4n) is 3.10. The Hall–Kier alpha value is -3.26. The van der Waals surface area contributed by atoms with E-state index in [0.29, 0.717) is 17.4 Å². The van der Waals surface area contributed by atoms with Crippen LogP contribution in [0, 0.1) is 13.8 Å². The van der Waals surface area contributed by atoms with Crippen LogP contribution in [0.5, 0.6) is 0 Å². The summed E-state index contributed by atoms with van der Waals surface area (Å²) >= 11 is 1.39. The molecule has 1 heterocycles. The second-order valence-electron chi connectivity index (χ2n) is 7.66. The quantitative estimate of drug-likeness (QED) is 0.477. The lowest BCUT2D eigenvalue weighted by atomic mass is 10.1. The molecule has 3 N–H and O–H groups in total. The van der Waals surface area contributed by atoms with E-state index in [0.717, 1.165) is 29.2 Å². The van der Waals surface area contributed by atoms with Crippen LogP contribution in [0.1, 0.15) is 24.0 Å². The number of imidazole rings is 1. The Labute approximate surface area is 185 Å². The molecule has 0 aliphatic heterocycles. The van der Waals surface area contributed by atoms with Gasteiger partial charge in [0, 0.05) is 29.8 Å². The van der Waals surface area contributed by atoms with E-state index in [4.69, 9.17) is 0 Å². The summed E-state index contributed by atoms with van der Waals surface area (Å²) in [5.74, 6) is 0.124. The topological polar surface area (TPSA) is 88.1 Å². The predicted octanol–water partition coefficient (Wildman–Crippen LogP) is 4.50. The fraction of sp³-hybridized carbons (Fsp3) is 0.261. The van der Waals surface area contributed by atoms with Gasteiger partial charge in [-0.15, -0.1) is 0 Å². The summed E-state index contributed by atoms with van der Waals surface area (Å²) in [6.45, 7) is 4.12. The van der Waals surface area contributed by atoms with Crippen molar-refractivity contribution >= 4 is 35.1 Å². The van der Waals surface area contributed by atoms with Crippen LogP contribution < -0.4 is 16.0 Å². The largest absolute Gasteiger partial charge is 0.335 e. The Morgan fingerprint density at radius 2 is 1.77 bits per heavy atom. The molecule has 7 nitrogen and oxygen atoms in total. The fourth-order valence-corrected chi connectivity index (χ4v) is 3.87. The van der Waals surface area contributed by atoms with E-state index < -0.39 is 0 Å². The number of benzene rings is 2. The molecule has 1 aliphatic carbocycles. The first-order valence-electron chi connectivity index (χ1n) is 10.2. The Kier molecular flexibility index (Phi) is 6.27. The lowest BCUT2D eigenvalue weighted by Crippen LogP contribution is -2.30. The molecular weight excluding hydrogens is 410 g/mol. The van der Waals surface area contributed by atoms with Crippen molar-refractivity contribution < 1.29 is 9.59 Å². The normalized spacial score (nSPS) is 13.0. The van der Waals surface area contributed by atoms with Crippen molar-refractivity contribution in [2.75, 3.05) is 16.4 Å². The zero-order valence-electron chi connectivity index (χ0n) is 17.5. The molecule has 0 unspecified atom stereocenters. The molecule has 0 atom stereocenters. The van der Waals surface area contributed by atoms with Gasteiger partial charge in [0.05, 0.1) is 11.4 Å². The number of carbonyl (C=O) groups is 2. The number of aromatic nitrogens is 2. The van der Waals surface area contributed by atoms with Crippen molar-refractivity contribution in [3.05, 3.63) is 66.0 Å². The van der Waals surface area contributed by atoms with Crippen LogP contribution >= 0.6 is 11.8 Å². The molecule has 2 aromatic carbocycles. The molecule has 0 saturated heterocycles. The molecule has 1 aromatic heterocycles. The first-order valence-corrected chi connectivity index (χ1v) is 11.2. The van der Waals surface area contributed by atoms with E-state index in [2.05, 4.69) is 53.0 Å². The Morgan fingerprint density at radius 1 is 1.06 bits per heavy atom. The van der Waals surface area contributed by atoms with Crippen LogP contribution in [-0.4, -0.2) is 33.3 Å². The van der Waals surface area contributed by atoms with Gasteiger partial charge in [0.15, 0.2) is 5.16 Å². The van der Waals surface area contributed by atoms with Crippen LogP contribution in [0.3, 0.4) is 0 Å². The minimum absolute atomic E-state index is 0.118. The summed E-state index contributed by atoms with van der Waals surface area (Å²) in [6.07, 6.45) is 5.74. The highest BCUT2D eigenvalue weighted by Crippen LogP contribution is 2.24. The lowest BCUT2D eigenvalue weighted by Gasteiger charge is -2.12. The number of aryl methyl sites for hydroxylation is 2. The average molecular weight is 436 g/mol. The van der Waals surface area contributed by atoms with Gasteiger partial charge in [-0.1, -0.05) is 23.9 Å². The molecule has 1 saturated carbocycles. The Bertz CT molecular complexity index is 1090.